The normalized spacial score (nSPS) is 24.2. The minimum Gasteiger partial charge on any atom is -0.492 e. The van der Waals surface area contributed by atoms with Crippen LogP contribution < -0.4 is 10.5 Å². The molecule has 1 aromatic rings. The number of fused-ring (bicyclic) bond motifs is 1. The van der Waals surface area contributed by atoms with Crippen LogP contribution in [0.15, 0.2) is 18.2 Å². The number of benzene rings is 1. The average molecular weight is 273 g/mol. The van der Waals surface area contributed by atoms with E-state index < -0.39 is 0 Å². The van der Waals surface area contributed by atoms with Crippen LogP contribution in [0.1, 0.15) is 70.0 Å². The fraction of sp³-hybridized carbons (Fsp3) is 0.667. The van der Waals surface area contributed by atoms with Crippen molar-refractivity contribution in [2.75, 3.05) is 6.61 Å². The molecule has 2 heteroatoms. The quantitative estimate of drug-likeness (QED) is 0.889. The molecule has 2 nitrogen and oxygen atoms in total. The Labute approximate surface area is 122 Å². The van der Waals surface area contributed by atoms with Crippen molar-refractivity contribution in [3.8, 4) is 5.75 Å². The molecule has 1 aliphatic carbocycles. The monoisotopic (exact) mass is 273 g/mol. The van der Waals surface area contributed by atoms with Crippen LogP contribution in [-0.2, 0) is 5.41 Å². The molecule has 0 radical (unpaired) electrons. The second-order valence-electron chi connectivity index (χ2n) is 7.33. The molecule has 0 bridgehead atoms. The Hall–Kier alpha value is -1.02. The molecule has 0 aromatic heterocycles. The van der Waals surface area contributed by atoms with Gasteiger partial charge < -0.3 is 10.5 Å². The van der Waals surface area contributed by atoms with E-state index in [1.807, 2.05) is 0 Å². The van der Waals surface area contributed by atoms with Crippen molar-refractivity contribution in [2.24, 2.45) is 11.1 Å². The zero-order chi connectivity index (χ0) is 14.4. The summed E-state index contributed by atoms with van der Waals surface area (Å²) in [4.78, 5) is 0. The van der Waals surface area contributed by atoms with Crippen molar-refractivity contribution < 1.29 is 4.74 Å². The molecule has 1 aromatic carbocycles. The highest BCUT2D eigenvalue weighted by Crippen LogP contribution is 2.50. The summed E-state index contributed by atoms with van der Waals surface area (Å²) in [5.41, 5.74) is 9.74. The van der Waals surface area contributed by atoms with Crippen LogP contribution in [0.5, 0.6) is 5.75 Å². The number of rotatable bonds is 3. The molecule has 0 amide bonds. The van der Waals surface area contributed by atoms with Crippen LogP contribution >= 0.6 is 0 Å². The lowest BCUT2D eigenvalue weighted by atomic mass is 9.73. The highest BCUT2D eigenvalue weighted by Gasteiger charge is 2.40. The lowest BCUT2D eigenvalue weighted by Gasteiger charge is -2.35. The Bertz CT molecular complexity index is 500. The number of ether oxygens (including phenoxy) is 1. The summed E-state index contributed by atoms with van der Waals surface area (Å²) in [5.74, 6) is 1.04. The van der Waals surface area contributed by atoms with E-state index >= 15 is 0 Å². The van der Waals surface area contributed by atoms with E-state index in [4.69, 9.17) is 10.5 Å². The summed E-state index contributed by atoms with van der Waals surface area (Å²) in [6, 6.07) is 6.78. The van der Waals surface area contributed by atoms with Gasteiger partial charge in [0.05, 0.1) is 6.61 Å². The third kappa shape index (κ3) is 2.05. The van der Waals surface area contributed by atoms with Gasteiger partial charge in [0.25, 0.3) is 0 Å². The van der Waals surface area contributed by atoms with Crippen molar-refractivity contribution in [3.63, 3.8) is 0 Å². The zero-order valence-corrected chi connectivity index (χ0v) is 13.0. The van der Waals surface area contributed by atoms with Crippen molar-refractivity contribution >= 4 is 0 Å². The predicted octanol–water partition coefficient (Wildman–Crippen LogP) is 4.33. The van der Waals surface area contributed by atoms with Crippen LogP contribution in [0.25, 0.3) is 0 Å². The van der Waals surface area contributed by atoms with Crippen LogP contribution in [-0.4, -0.2) is 6.61 Å². The van der Waals surface area contributed by atoms with Gasteiger partial charge in [-0.3, -0.25) is 0 Å². The van der Waals surface area contributed by atoms with Crippen LogP contribution in [0.2, 0.25) is 0 Å². The van der Waals surface area contributed by atoms with Crippen LogP contribution in [0.4, 0.5) is 0 Å². The minimum absolute atomic E-state index is 0.111. The van der Waals surface area contributed by atoms with Gasteiger partial charge >= 0.3 is 0 Å². The highest BCUT2D eigenvalue weighted by molar-refractivity contribution is 5.46. The van der Waals surface area contributed by atoms with E-state index in [1.54, 1.807) is 0 Å². The predicted molar refractivity (Wildman–Crippen MR) is 83.1 cm³/mol. The van der Waals surface area contributed by atoms with Crippen molar-refractivity contribution in [1.29, 1.82) is 0 Å². The van der Waals surface area contributed by atoms with E-state index in [-0.39, 0.29) is 11.5 Å². The van der Waals surface area contributed by atoms with E-state index in [0.29, 0.717) is 5.41 Å². The van der Waals surface area contributed by atoms with Crippen molar-refractivity contribution in [1.82, 2.24) is 0 Å². The standard InChI is InChI=1S/C18H27NO/c1-4-18(9-5-6-10-18)16(19)13-7-8-15-14(11-13)17(2,3)12-20-15/h7-8,11,16H,4-6,9-10,12,19H2,1-3H3. The van der Waals surface area contributed by atoms with Gasteiger partial charge in [-0.05, 0) is 42.4 Å². The lowest BCUT2D eigenvalue weighted by molar-refractivity contribution is 0.222. The van der Waals surface area contributed by atoms with Crippen molar-refractivity contribution in [2.45, 2.75) is 64.3 Å². The second kappa shape index (κ2) is 4.77. The van der Waals surface area contributed by atoms with Crippen LogP contribution in [0.3, 0.4) is 0 Å². The van der Waals surface area contributed by atoms with E-state index in [9.17, 15) is 0 Å². The summed E-state index contributed by atoms with van der Waals surface area (Å²) >= 11 is 0. The van der Waals surface area contributed by atoms with Gasteiger partial charge in [-0.15, -0.1) is 0 Å². The first-order valence-electron chi connectivity index (χ1n) is 8.01. The van der Waals surface area contributed by atoms with Gasteiger partial charge in [0.1, 0.15) is 5.75 Å². The first-order chi connectivity index (χ1) is 9.48. The molecule has 0 spiro atoms. The molecule has 0 saturated heterocycles. The third-order valence-corrected chi connectivity index (χ3v) is 5.64. The SMILES string of the molecule is CCC1(C(N)c2ccc3c(c2)C(C)(C)CO3)CCCC1. The Morgan fingerprint density at radius 1 is 1.25 bits per heavy atom. The topological polar surface area (TPSA) is 35.2 Å². The molecule has 1 saturated carbocycles. The molecule has 1 atom stereocenters. The summed E-state index contributed by atoms with van der Waals surface area (Å²) < 4.78 is 5.78. The maximum Gasteiger partial charge on any atom is 0.123 e. The van der Waals surface area contributed by atoms with Gasteiger partial charge in [-0.1, -0.05) is 39.7 Å². The fourth-order valence-electron chi connectivity index (χ4n) is 4.05. The lowest BCUT2D eigenvalue weighted by Crippen LogP contribution is -2.32. The molecule has 2 N–H and O–H groups in total. The molecule has 1 aliphatic heterocycles. The van der Waals surface area contributed by atoms with E-state index in [1.165, 1.54) is 43.2 Å². The maximum atomic E-state index is 6.69. The molecule has 2 aliphatic rings. The number of hydrogen-bond acceptors (Lipinski definition) is 2. The molecule has 3 rings (SSSR count). The molecular formula is C18H27NO. The summed E-state index contributed by atoms with van der Waals surface area (Å²) in [6.45, 7) is 7.57. The number of hydrogen-bond donors (Lipinski definition) is 1. The van der Waals surface area contributed by atoms with E-state index in [2.05, 4.69) is 39.0 Å². The average Bonchev–Trinajstić information content (AvgIpc) is 3.04. The van der Waals surface area contributed by atoms with E-state index in [0.717, 1.165) is 12.4 Å². The summed E-state index contributed by atoms with van der Waals surface area (Å²) in [7, 11) is 0. The molecular weight excluding hydrogens is 246 g/mol. The smallest absolute Gasteiger partial charge is 0.123 e. The molecule has 1 heterocycles. The molecule has 20 heavy (non-hydrogen) atoms. The Balaban J connectivity index is 1.95. The fourth-order valence-corrected chi connectivity index (χ4v) is 4.05. The third-order valence-electron chi connectivity index (χ3n) is 5.64. The highest BCUT2D eigenvalue weighted by atomic mass is 16.5. The van der Waals surface area contributed by atoms with Gasteiger partial charge in [-0.2, -0.15) is 0 Å². The first-order valence-corrected chi connectivity index (χ1v) is 8.01. The first kappa shape index (κ1) is 13.9. The number of nitrogens with two attached hydrogens (primary N) is 1. The Kier molecular flexibility index (Phi) is 3.32. The minimum atomic E-state index is 0.111. The second-order valence-corrected chi connectivity index (χ2v) is 7.33. The molecule has 1 fully saturated rings. The molecule has 110 valence electrons. The summed E-state index contributed by atoms with van der Waals surface area (Å²) in [6.07, 6.45) is 6.41. The van der Waals surface area contributed by atoms with Crippen LogP contribution in [0, 0.1) is 5.41 Å². The molecule has 1 unspecified atom stereocenters. The van der Waals surface area contributed by atoms with Gasteiger partial charge in [0.2, 0.25) is 0 Å². The van der Waals surface area contributed by atoms with Crippen molar-refractivity contribution in [3.05, 3.63) is 29.3 Å². The Morgan fingerprint density at radius 2 is 1.95 bits per heavy atom. The Morgan fingerprint density at radius 3 is 2.60 bits per heavy atom. The van der Waals surface area contributed by atoms with Gasteiger partial charge in [0.15, 0.2) is 0 Å². The summed E-state index contributed by atoms with van der Waals surface area (Å²) in [5, 5.41) is 0. The van der Waals surface area contributed by atoms with Gasteiger partial charge in [-0.25, -0.2) is 0 Å². The van der Waals surface area contributed by atoms with Gasteiger partial charge in [0, 0.05) is 17.0 Å². The largest absolute Gasteiger partial charge is 0.492 e. The zero-order valence-electron chi connectivity index (χ0n) is 13.0. The maximum absolute atomic E-state index is 6.69.